The van der Waals surface area contributed by atoms with Gasteiger partial charge in [-0.15, -0.1) is 0 Å². The summed E-state index contributed by atoms with van der Waals surface area (Å²) >= 11 is 0. The second-order valence-corrected chi connectivity index (χ2v) is 1.51. The van der Waals surface area contributed by atoms with Gasteiger partial charge in [0.25, 0.3) is 0 Å². The summed E-state index contributed by atoms with van der Waals surface area (Å²) in [6.45, 7) is 1.33. The number of hydrogen-bond donors (Lipinski definition) is 4. The molecule has 0 aliphatic heterocycles. The Labute approximate surface area is 90.0 Å². The summed E-state index contributed by atoms with van der Waals surface area (Å²) in [5.41, 5.74) is 13.5. The van der Waals surface area contributed by atoms with Gasteiger partial charge < -0.3 is 21.9 Å². The molecule has 0 spiro atoms. The highest BCUT2D eigenvalue weighted by Crippen LogP contribution is 2.00. The third-order valence-corrected chi connectivity index (χ3v) is 0.729. The van der Waals surface area contributed by atoms with Crippen LogP contribution in [0.25, 0.3) is 0 Å². The van der Waals surface area contributed by atoms with Crippen molar-refractivity contribution in [2.45, 2.75) is 6.92 Å². The number of aromatic amines is 1. The lowest BCUT2D eigenvalue weighted by molar-refractivity contribution is -0.132. The molecule has 0 aliphatic carbocycles. The summed E-state index contributed by atoms with van der Waals surface area (Å²) in [6, 6.07) is 1.57. The third kappa shape index (κ3) is 15.3. The van der Waals surface area contributed by atoms with Gasteiger partial charge in [0.05, 0.1) is 6.20 Å². The van der Waals surface area contributed by atoms with Crippen LogP contribution in [0.2, 0.25) is 0 Å². The van der Waals surface area contributed by atoms with Crippen molar-refractivity contribution in [1.82, 2.24) is 10.2 Å². The Morgan fingerprint density at radius 1 is 1.27 bits per heavy atom. The van der Waals surface area contributed by atoms with E-state index in [1.54, 1.807) is 6.07 Å². The number of ether oxygens (including phenoxy) is 1. The van der Waals surface area contributed by atoms with Crippen molar-refractivity contribution in [1.29, 1.82) is 0 Å². The topological polar surface area (TPSA) is 133 Å². The van der Waals surface area contributed by atoms with Crippen LogP contribution in [-0.2, 0) is 4.79 Å². The van der Waals surface area contributed by atoms with E-state index in [0.29, 0.717) is 5.88 Å². The third-order valence-electron chi connectivity index (χ3n) is 0.729. The van der Waals surface area contributed by atoms with Crippen molar-refractivity contribution in [3.8, 4) is 5.88 Å². The number of aromatic nitrogens is 2. The molecular formula is C8H21N5O2. The second-order valence-electron chi connectivity index (χ2n) is 1.51. The number of nitrogens with two attached hydrogens (primary N) is 3. The van der Waals surface area contributed by atoms with Gasteiger partial charge in [-0.3, -0.25) is 4.79 Å². The Balaban J connectivity index is -0.000000208. The minimum atomic E-state index is -0.348. The first kappa shape index (κ1) is 19.2. The van der Waals surface area contributed by atoms with E-state index in [0.717, 1.165) is 0 Å². The molecule has 0 saturated heterocycles. The lowest BCUT2D eigenvalue weighted by Gasteiger charge is -1.91. The maximum absolute atomic E-state index is 10.2. The Hall–Kier alpha value is -1.44. The Morgan fingerprint density at radius 3 is 2.00 bits per heavy atom. The van der Waals surface area contributed by atoms with E-state index in [9.17, 15) is 4.79 Å². The number of nitrogens with zero attached hydrogens (tertiary/aromatic N) is 1. The molecule has 0 fully saturated rings. The fourth-order valence-corrected chi connectivity index (χ4v) is 0.455. The summed E-state index contributed by atoms with van der Waals surface area (Å²) in [5.74, 6) is 0.0294. The van der Waals surface area contributed by atoms with Crippen LogP contribution in [0.15, 0.2) is 12.3 Å². The molecule has 7 N–H and O–H groups in total. The van der Waals surface area contributed by atoms with E-state index in [-0.39, 0.29) is 5.97 Å². The molecule has 15 heavy (non-hydrogen) atoms. The SMILES string of the molecule is CC(=O)Oc1ccn[nH]1.CN.CN.CN. The first-order chi connectivity index (χ1) is 7.29. The zero-order valence-electron chi connectivity index (χ0n) is 9.65. The molecule has 0 saturated carbocycles. The van der Waals surface area contributed by atoms with Gasteiger partial charge in [-0.25, -0.2) is 5.10 Å². The largest absolute Gasteiger partial charge is 0.408 e. The Kier molecular flexibility index (Phi) is 23.5. The summed E-state index contributed by atoms with van der Waals surface area (Å²) in [5, 5.41) is 6.05. The van der Waals surface area contributed by atoms with Gasteiger partial charge in [0.2, 0.25) is 5.88 Å². The molecule has 1 aromatic rings. The lowest BCUT2D eigenvalue weighted by Crippen LogP contribution is -2.01. The van der Waals surface area contributed by atoms with Gasteiger partial charge in [0.15, 0.2) is 0 Å². The molecule has 0 aliphatic rings. The van der Waals surface area contributed by atoms with E-state index in [1.807, 2.05) is 0 Å². The Morgan fingerprint density at radius 2 is 1.73 bits per heavy atom. The number of hydrogen-bond acceptors (Lipinski definition) is 6. The van der Waals surface area contributed by atoms with Crippen LogP contribution in [0.1, 0.15) is 6.92 Å². The highest BCUT2D eigenvalue weighted by molar-refractivity contribution is 5.68. The van der Waals surface area contributed by atoms with E-state index in [4.69, 9.17) is 0 Å². The number of nitrogens with one attached hydrogen (secondary N) is 1. The average molecular weight is 219 g/mol. The molecule has 90 valence electrons. The minimum absolute atomic E-state index is 0.348. The first-order valence-electron chi connectivity index (χ1n) is 4.20. The number of carbonyl (C=O) groups excluding carboxylic acids is 1. The van der Waals surface area contributed by atoms with Crippen LogP contribution >= 0.6 is 0 Å². The smallest absolute Gasteiger partial charge is 0.309 e. The molecule has 7 nitrogen and oxygen atoms in total. The number of carbonyl (C=O) groups is 1. The van der Waals surface area contributed by atoms with Crippen LogP contribution in [0.3, 0.4) is 0 Å². The second kappa shape index (κ2) is 18.4. The zero-order valence-corrected chi connectivity index (χ0v) is 9.65. The monoisotopic (exact) mass is 219 g/mol. The van der Waals surface area contributed by atoms with E-state index in [1.165, 1.54) is 34.3 Å². The molecule has 0 radical (unpaired) electrons. The standard InChI is InChI=1S/C5H6N2O2.3CH5N/c1-4(8)9-5-2-3-6-7-5;3*1-2/h2-3H,1H3,(H,6,7);3*2H2,1H3. The Bertz CT molecular complexity index is 201. The van der Waals surface area contributed by atoms with Crippen molar-refractivity contribution in [3.63, 3.8) is 0 Å². The first-order valence-corrected chi connectivity index (χ1v) is 4.20. The molecule has 0 aromatic carbocycles. The molecule has 1 rings (SSSR count). The lowest BCUT2D eigenvalue weighted by atomic mass is 10.7. The number of esters is 1. The van der Waals surface area contributed by atoms with Crippen molar-refractivity contribution in [2.75, 3.05) is 21.1 Å². The minimum Gasteiger partial charge on any atom is -0.408 e. The quantitative estimate of drug-likeness (QED) is 0.450. The molecule has 0 atom stereocenters. The van der Waals surface area contributed by atoms with Crippen LogP contribution in [0.4, 0.5) is 0 Å². The summed E-state index contributed by atoms with van der Waals surface area (Å²) in [7, 11) is 4.50. The van der Waals surface area contributed by atoms with Crippen molar-refractivity contribution >= 4 is 5.97 Å². The fraction of sp³-hybridized carbons (Fsp3) is 0.500. The summed E-state index contributed by atoms with van der Waals surface area (Å²) in [4.78, 5) is 10.2. The van der Waals surface area contributed by atoms with Crippen LogP contribution in [0.5, 0.6) is 5.88 Å². The number of rotatable bonds is 1. The van der Waals surface area contributed by atoms with Gasteiger partial charge in [0, 0.05) is 13.0 Å². The van der Waals surface area contributed by atoms with E-state index >= 15 is 0 Å². The van der Waals surface area contributed by atoms with E-state index in [2.05, 4.69) is 32.1 Å². The zero-order chi connectivity index (χ0) is 12.7. The maximum Gasteiger partial charge on any atom is 0.309 e. The summed E-state index contributed by atoms with van der Waals surface area (Å²) < 4.78 is 4.60. The maximum atomic E-state index is 10.2. The van der Waals surface area contributed by atoms with Gasteiger partial charge in [-0.1, -0.05) is 0 Å². The van der Waals surface area contributed by atoms with Crippen LogP contribution in [0, 0.1) is 0 Å². The summed E-state index contributed by atoms with van der Waals surface area (Å²) in [6.07, 6.45) is 1.51. The average Bonchev–Trinajstić information content (AvgIpc) is 2.78. The van der Waals surface area contributed by atoms with Gasteiger partial charge in [0.1, 0.15) is 0 Å². The highest BCUT2D eigenvalue weighted by atomic mass is 16.5. The van der Waals surface area contributed by atoms with Crippen molar-refractivity contribution < 1.29 is 9.53 Å². The fourth-order valence-electron chi connectivity index (χ4n) is 0.455. The predicted octanol–water partition coefficient (Wildman–Crippen LogP) is -0.940. The molecule has 1 heterocycles. The molecule has 0 bridgehead atoms. The predicted molar refractivity (Wildman–Crippen MR) is 60.2 cm³/mol. The molecule has 7 heteroatoms. The molecule has 1 aromatic heterocycles. The molecule has 0 unspecified atom stereocenters. The normalized spacial score (nSPS) is 6.60. The van der Waals surface area contributed by atoms with Crippen molar-refractivity contribution in [2.24, 2.45) is 17.2 Å². The van der Waals surface area contributed by atoms with Crippen molar-refractivity contribution in [3.05, 3.63) is 12.3 Å². The van der Waals surface area contributed by atoms with Crippen LogP contribution in [-0.4, -0.2) is 37.3 Å². The van der Waals surface area contributed by atoms with Gasteiger partial charge in [-0.2, -0.15) is 5.10 Å². The molecular weight excluding hydrogens is 198 g/mol. The van der Waals surface area contributed by atoms with Crippen LogP contribution < -0.4 is 21.9 Å². The number of H-pyrrole nitrogens is 1. The molecule has 0 amide bonds. The van der Waals surface area contributed by atoms with Gasteiger partial charge in [-0.05, 0) is 21.1 Å². The van der Waals surface area contributed by atoms with Gasteiger partial charge >= 0.3 is 5.97 Å². The van der Waals surface area contributed by atoms with E-state index < -0.39 is 0 Å². The highest BCUT2D eigenvalue weighted by Gasteiger charge is 1.95.